The Morgan fingerprint density at radius 1 is 1.13 bits per heavy atom. The largest absolute Gasteiger partial charge is 0.326 e. The quantitative estimate of drug-likeness (QED) is 0.611. The number of rotatable bonds is 2. The zero-order valence-electron chi connectivity index (χ0n) is 12.2. The van der Waals surface area contributed by atoms with Crippen LogP contribution in [-0.4, -0.2) is 17.4 Å². The highest BCUT2D eigenvalue weighted by Gasteiger charge is 2.33. The van der Waals surface area contributed by atoms with Crippen molar-refractivity contribution < 1.29 is 4.79 Å². The normalized spacial score (nSPS) is 17.1. The van der Waals surface area contributed by atoms with Crippen molar-refractivity contribution in [2.75, 3.05) is 6.54 Å². The Labute approximate surface area is 148 Å². The van der Waals surface area contributed by atoms with Gasteiger partial charge in [-0.15, -0.1) is 22.7 Å². The first-order chi connectivity index (χ1) is 11.2. The Morgan fingerprint density at radius 2 is 2.04 bits per heavy atom. The molecule has 0 unspecified atom stereocenters. The molecule has 0 saturated heterocycles. The van der Waals surface area contributed by atoms with Crippen LogP contribution in [0.15, 0.2) is 53.2 Å². The fraction of sp³-hybridized carbons (Fsp3) is 0.167. The molecule has 116 valence electrons. The summed E-state index contributed by atoms with van der Waals surface area (Å²) in [4.78, 5) is 17.6. The first-order valence-corrected chi connectivity index (χ1v) is 9.54. The van der Waals surface area contributed by atoms with Gasteiger partial charge < -0.3 is 4.90 Å². The van der Waals surface area contributed by atoms with Gasteiger partial charge in [0.1, 0.15) is 0 Å². The molecule has 1 amide bonds. The average molecular weight is 360 g/mol. The van der Waals surface area contributed by atoms with Gasteiger partial charge in [-0.3, -0.25) is 4.79 Å². The molecule has 1 aliphatic rings. The highest BCUT2D eigenvalue weighted by Crippen LogP contribution is 2.40. The molecule has 0 bridgehead atoms. The summed E-state index contributed by atoms with van der Waals surface area (Å²) in [5, 5.41) is 4.79. The summed E-state index contributed by atoms with van der Waals surface area (Å²) < 4.78 is 0. The number of benzene rings is 1. The molecule has 0 spiro atoms. The molecule has 3 heterocycles. The van der Waals surface area contributed by atoms with Crippen LogP contribution < -0.4 is 0 Å². The van der Waals surface area contributed by atoms with Gasteiger partial charge in [0, 0.05) is 26.9 Å². The number of carbonyl (C=O) groups excluding carboxylic acids is 1. The Kier molecular flexibility index (Phi) is 3.97. The van der Waals surface area contributed by atoms with Crippen molar-refractivity contribution in [2.45, 2.75) is 12.5 Å². The van der Waals surface area contributed by atoms with E-state index in [9.17, 15) is 4.79 Å². The maximum atomic E-state index is 13.1. The van der Waals surface area contributed by atoms with Crippen molar-refractivity contribution in [3.05, 3.63) is 79.1 Å². The van der Waals surface area contributed by atoms with Crippen molar-refractivity contribution in [1.82, 2.24) is 4.90 Å². The summed E-state index contributed by atoms with van der Waals surface area (Å²) in [5.74, 6) is 0.0442. The van der Waals surface area contributed by atoms with Gasteiger partial charge in [-0.2, -0.15) is 0 Å². The van der Waals surface area contributed by atoms with E-state index in [-0.39, 0.29) is 11.9 Å². The van der Waals surface area contributed by atoms with Crippen molar-refractivity contribution >= 4 is 40.2 Å². The van der Waals surface area contributed by atoms with E-state index in [4.69, 9.17) is 11.6 Å². The van der Waals surface area contributed by atoms with Gasteiger partial charge in [-0.25, -0.2) is 0 Å². The standard InChI is InChI=1S/C18H14ClNOS2/c19-13-4-1-3-12(11-13)18(21)20-8-6-15-14(7-10-23-15)17(20)16-5-2-9-22-16/h1-5,7,9-11,17H,6,8H2/t17-/m0/s1. The van der Waals surface area contributed by atoms with E-state index in [1.54, 1.807) is 34.8 Å². The van der Waals surface area contributed by atoms with Crippen LogP contribution in [0.5, 0.6) is 0 Å². The third-order valence-corrected chi connectivity index (χ3v) is 6.27. The second-order valence-corrected chi connectivity index (χ2v) is 7.89. The highest BCUT2D eigenvalue weighted by molar-refractivity contribution is 7.10. The van der Waals surface area contributed by atoms with E-state index in [1.807, 2.05) is 23.1 Å². The maximum Gasteiger partial charge on any atom is 0.254 e. The number of fused-ring (bicyclic) bond motifs is 1. The van der Waals surface area contributed by atoms with Gasteiger partial charge in [-0.1, -0.05) is 23.7 Å². The van der Waals surface area contributed by atoms with Crippen LogP contribution in [0.3, 0.4) is 0 Å². The molecule has 0 aliphatic carbocycles. The maximum absolute atomic E-state index is 13.1. The van der Waals surface area contributed by atoms with E-state index in [2.05, 4.69) is 22.9 Å². The monoisotopic (exact) mass is 359 g/mol. The lowest BCUT2D eigenvalue weighted by molar-refractivity contribution is 0.0699. The van der Waals surface area contributed by atoms with E-state index < -0.39 is 0 Å². The Hall–Kier alpha value is -1.62. The summed E-state index contributed by atoms with van der Waals surface area (Å²) in [7, 11) is 0. The molecule has 4 rings (SSSR count). The predicted octanol–water partition coefficient (Wildman–Crippen LogP) is 5.25. The van der Waals surface area contributed by atoms with Crippen LogP contribution in [-0.2, 0) is 6.42 Å². The topological polar surface area (TPSA) is 20.3 Å². The van der Waals surface area contributed by atoms with Crippen LogP contribution in [0.2, 0.25) is 5.02 Å². The van der Waals surface area contributed by atoms with Crippen molar-refractivity contribution in [3.63, 3.8) is 0 Å². The lowest BCUT2D eigenvalue weighted by Gasteiger charge is -2.35. The van der Waals surface area contributed by atoms with Gasteiger partial charge in [0.05, 0.1) is 6.04 Å². The number of hydrogen-bond acceptors (Lipinski definition) is 3. The van der Waals surface area contributed by atoms with Gasteiger partial charge in [0.2, 0.25) is 0 Å². The molecular weight excluding hydrogens is 346 g/mol. The van der Waals surface area contributed by atoms with E-state index in [0.29, 0.717) is 10.6 Å². The summed E-state index contributed by atoms with van der Waals surface area (Å²) in [6.45, 7) is 0.738. The molecule has 0 N–H and O–H groups in total. The van der Waals surface area contributed by atoms with E-state index >= 15 is 0 Å². The summed E-state index contributed by atoms with van der Waals surface area (Å²) >= 11 is 9.54. The third-order valence-electron chi connectivity index (χ3n) is 4.11. The third kappa shape index (κ3) is 2.71. The van der Waals surface area contributed by atoms with Crippen molar-refractivity contribution in [1.29, 1.82) is 0 Å². The number of thiophene rings is 2. The van der Waals surface area contributed by atoms with Crippen LogP contribution in [0.25, 0.3) is 0 Å². The summed E-state index contributed by atoms with van der Waals surface area (Å²) in [6.07, 6.45) is 0.918. The molecule has 1 atom stereocenters. The van der Waals surface area contributed by atoms with Crippen LogP contribution in [0, 0.1) is 0 Å². The van der Waals surface area contributed by atoms with E-state index in [1.165, 1.54) is 15.3 Å². The molecule has 2 aromatic heterocycles. The SMILES string of the molecule is O=C(c1cccc(Cl)c1)N1CCc2sccc2[C@H]1c1cccs1. The minimum Gasteiger partial charge on any atom is -0.326 e. The Balaban J connectivity index is 1.77. The minimum absolute atomic E-state index is 0.0106. The zero-order chi connectivity index (χ0) is 15.8. The zero-order valence-corrected chi connectivity index (χ0v) is 14.6. The predicted molar refractivity (Wildman–Crippen MR) is 96.7 cm³/mol. The Bertz CT molecular complexity index is 840. The fourth-order valence-corrected chi connectivity index (χ4v) is 5.02. The Morgan fingerprint density at radius 3 is 2.83 bits per heavy atom. The molecule has 0 radical (unpaired) electrons. The molecule has 1 aliphatic heterocycles. The van der Waals surface area contributed by atoms with Crippen molar-refractivity contribution in [2.24, 2.45) is 0 Å². The molecule has 3 aromatic rings. The number of halogens is 1. The first kappa shape index (κ1) is 14.9. The molecule has 23 heavy (non-hydrogen) atoms. The minimum atomic E-state index is 0.0106. The van der Waals surface area contributed by atoms with Crippen LogP contribution >= 0.6 is 34.3 Å². The van der Waals surface area contributed by atoms with Gasteiger partial charge in [0.15, 0.2) is 0 Å². The lowest BCUT2D eigenvalue weighted by atomic mass is 9.97. The smallest absolute Gasteiger partial charge is 0.254 e. The summed E-state index contributed by atoms with van der Waals surface area (Å²) in [5.41, 5.74) is 1.91. The molecule has 5 heteroatoms. The number of nitrogens with zero attached hydrogens (tertiary/aromatic N) is 1. The average Bonchev–Trinajstić information content (AvgIpc) is 3.24. The first-order valence-electron chi connectivity index (χ1n) is 7.40. The van der Waals surface area contributed by atoms with Gasteiger partial charge in [0.25, 0.3) is 5.91 Å². The summed E-state index contributed by atoms with van der Waals surface area (Å²) in [6, 6.07) is 13.5. The van der Waals surface area contributed by atoms with Crippen LogP contribution in [0.4, 0.5) is 0 Å². The number of carbonyl (C=O) groups is 1. The van der Waals surface area contributed by atoms with Crippen LogP contribution in [0.1, 0.15) is 31.7 Å². The lowest BCUT2D eigenvalue weighted by Crippen LogP contribution is -2.39. The molecule has 0 fully saturated rings. The number of hydrogen-bond donors (Lipinski definition) is 0. The second-order valence-electron chi connectivity index (χ2n) is 5.48. The molecular formula is C18H14ClNOS2. The molecule has 1 aromatic carbocycles. The fourth-order valence-electron chi connectivity index (χ4n) is 3.08. The second kappa shape index (κ2) is 6.11. The van der Waals surface area contributed by atoms with Gasteiger partial charge >= 0.3 is 0 Å². The van der Waals surface area contributed by atoms with E-state index in [0.717, 1.165) is 13.0 Å². The number of amides is 1. The highest BCUT2D eigenvalue weighted by atomic mass is 35.5. The van der Waals surface area contributed by atoms with Gasteiger partial charge in [-0.05, 0) is 53.1 Å². The molecule has 0 saturated carbocycles. The molecule has 2 nitrogen and oxygen atoms in total. The van der Waals surface area contributed by atoms with Crippen molar-refractivity contribution in [3.8, 4) is 0 Å².